The van der Waals surface area contributed by atoms with Crippen LogP contribution >= 0.6 is 11.6 Å². The molecule has 62 valence electrons. The molecule has 0 unspecified atom stereocenters. The Morgan fingerprint density at radius 1 is 1.45 bits per heavy atom. The van der Waals surface area contributed by atoms with Gasteiger partial charge in [-0.25, -0.2) is 0 Å². The van der Waals surface area contributed by atoms with Crippen molar-refractivity contribution in [3.05, 3.63) is 16.4 Å². The van der Waals surface area contributed by atoms with Gasteiger partial charge in [0.15, 0.2) is 5.15 Å². The predicted octanol–water partition coefficient (Wildman–Crippen LogP) is 2.39. The molecule has 1 aromatic heterocycles. The van der Waals surface area contributed by atoms with Crippen molar-refractivity contribution in [3.8, 4) is 0 Å². The van der Waals surface area contributed by atoms with Gasteiger partial charge < -0.3 is 0 Å². The van der Waals surface area contributed by atoms with E-state index in [4.69, 9.17) is 11.6 Å². The molecule has 1 N–H and O–H groups in total. The lowest BCUT2D eigenvalue weighted by Crippen LogP contribution is -2.05. The number of nitrogens with one attached hydrogen (secondary N) is 1. The fourth-order valence-electron chi connectivity index (χ4n) is 0.729. The highest BCUT2D eigenvalue weighted by molar-refractivity contribution is 6.30. The summed E-state index contributed by atoms with van der Waals surface area (Å²) in [5.74, 6) is 0. The Morgan fingerprint density at radius 2 is 2.00 bits per heavy atom. The van der Waals surface area contributed by atoms with E-state index in [1.165, 1.54) is 6.92 Å². The summed E-state index contributed by atoms with van der Waals surface area (Å²) in [5, 5.41) is 4.81. The molecule has 0 saturated carbocycles. The number of aromatic nitrogens is 2. The maximum atomic E-state index is 12.0. The summed E-state index contributed by atoms with van der Waals surface area (Å²) in [7, 11) is 0. The normalized spacial score (nSPS) is 12.1. The van der Waals surface area contributed by atoms with Gasteiger partial charge in [0.1, 0.15) is 5.56 Å². The fraction of sp³-hybridized carbons (Fsp3) is 0.400. The van der Waals surface area contributed by atoms with Gasteiger partial charge >= 0.3 is 6.18 Å². The lowest BCUT2D eigenvalue weighted by Gasteiger charge is -2.03. The van der Waals surface area contributed by atoms with Crippen LogP contribution in [0.3, 0.4) is 0 Å². The molecular formula is C5H4ClF3N2. The number of hydrogen-bond donors (Lipinski definition) is 1. The first kappa shape index (κ1) is 8.39. The van der Waals surface area contributed by atoms with Crippen molar-refractivity contribution in [2.45, 2.75) is 13.1 Å². The molecule has 0 aliphatic heterocycles. The van der Waals surface area contributed by atoms with Crippen molar-refractivity contribution in [3.63, 3.8) is 0 Å². The maximum Gasteiger partial charge on any atom is 0.421 e. The van der Waals surface area contributed by atoms with E-state index in [0.717, 1.165) is 0 Å². The van der Waals surface area contributed by atoms with E-state index in [2.05, 4.69) is 10.2 Å². The van der Waals surface area contributed by atoms with Crippen molar-refractivity contribution in [2.24, 2.45) is 0 Å². The molecule has 0 spiro atoms. The SMILES string of the molecule is Cc1[nH]nc(Cl)c1C(F)(F)F. The monoisotopic (exact) mass is 184 g/mol. The Kier molecular flexibility index (Phi) is 1.83. The van der Waals surface area contributed by atoms with Gasteiger partial charge in [0.2, 0.25) is 0 Å². The fourth-order valence-corrected chi connectivity index (χ4v) is 1.02. The molecular weight excluding hydrogens is 181 g/mol. The second kappa shape index (κ2) is 2.41. The average molecular weight is 185 g/mol. The van der Waals surface area contributed by atoms with Crippen molar-refractivity contribution >= 4 is 11.6 Å². The van der Waals surface area contributed by atoms with Gasteiger partial charge in [-0.15, -0.1) is 0 Å². The zero-order valence-electron chi connectivity index (χ0n) is 5.46. The van der Waals surface area contributed by atoms with E-state index in [1.54, 1.807) is 0 Å². The molecule has 2 nitrogen and oxygen atoms in total. The first-order valence-electron chi connectivity index (χ1n) is 2.70. The summed E-state index contributed by atoms with van der Waals surface area (Å²) in [6, 6.07) is 0. The molecule has 11 heavy (non-hydrogen) atoms. The summed E-state index contributed by atoms with van der Waals surface area (Å²) < 4.78 is 36.0. The minimum atomic E-state index is -4.42. The maximum absolute atomic E-state index is 12.0. The smallest absolute Gasteiger partial charge is 0.281 e. The molecule has 0 atom stereocenters. The van der Waals surface area contributed by atoms with Crippen LogP contribution in [0.25, 0.3) is 0 Å². The number of aromatic amines is 1. The Balaban J connectivity index is 3.21. The Morgan fingerprint density at radius 3 is 2.18 bits per heavy atom. The standard InChI is InChI=1S/C5H4ClF3N2/c1-2-3(5(7,8)9)4(6)11-10-2/h1H3,(H,10,11). The molecule has 0 radical (unpaired) electrons. The van der Waals surface area contributed by atoms with E-state index < -0.39 is 16.9 Å². The number of rotatable bonds is 0. The van der Waals surface area contributed by atoms with Gasteiger partial charge in [0.25, 0.3) is 0 Å². The quantitative estimate of drug-likeness (QED) is 0.659. The molecule has 0 aliphatic rings. The number of H-pyrrole nitrogens is 1. The summed E-state index contributed by atoms with van der Waals surface area (Å²) in [5.41, 5.74) is -0.957. The van der Waals surface area contributed by atoms with E-state index in [1.807, 2.05) is 0 Å². The Labute approximate surface area is 65.4 Å². The molecule has 0 amide bonds. The summed E-state index contributed by atoms with van der Waals surface area (Å²) in [4.78, 5) is 0. The summed E-state index contributed by atoms with van der Waals surface area (Å²) >= 11 is 5.17. The Bertz CT molecular complexity index is 246. The van der Waals surface area contributed by atoms with E-state index >= 15 is 0 Å². The molecule has 1 aromatic rings. The van der Waals surface area contributed by atoms with Gasteiger partial charge in [-0.1, -0.05) is 11.6 Å². The molecule has 0 bridgehead atoms. The molecule has 0 saturated heterocycles. The first-order valence-corrected chi connectivity index (χ1v) is 3.08. The predicted molar refractivity (Wildman–Crippen MR) is 33.3 cm³/mol. The first-order chi connectivity index (χ1) is 4.93. The van der Waals surface area contributed by atoms with Crippen LogP contribution in [0.15, 0.2) is 0 Å². The Hall–Kier alpha value is -0.710. The van der Waals surface area contributed by atoms with E-state index in [-0.39, 0.29) is 5.69 Å². The van der Waals surface area contributed by atoms with Crippen molar-refractivity contribution in [2.75, 3.05) is 0 Å². The highest BCUT2D eigenvalue weighted by Crippen LogP contribution is 2.35. The zero-order valence-corrected chi connectivity index (χ0v) is 6.22. The zero-order chi connectivity index (χ0) is 8.65. The van der Waals surface area contributed by atoms with E-state index in [9.17, 15) is 13.2 Å². The minimum absolute atomic E-state index is 0.0671. The van der Waals surface area contributed by atoms with Crippen molar-refractivity contribution in [1.82, 2.24) is 10.2 Å². The molecule has 0 aromatic carbocycles. The highest BCUT2D eigenvalue weighted by atomic mass is 35.5. The van der Waals surface area contributed by atoms with Gasteiger partial charge in [-0.05, 0) is 6.92 Å². The van der Waals surface area contributed by atoms with Crippen molar-refractivity contribution in [1.29, 1.82) is 0 Å². The van der Waals surface area contributed by atoms with Crippen LogP contribution in [-0.4, -0.2) is 10.2 Å². The second-order valence-electron chi connectivity index (χ2n) is 2.01. The third-order valence-corrected chi connectivity index (χ3v) is 1.46. The van der Waals surface area contributed by atoms with Gasteiger partial charge in [0, 0.05) is 5.69 Å². The van der Waals surface area contributed by atoms with E-state index in [0.29, 0.717) is 0 Å². The molecule has 0 aliphatic carbocycles. The average Bonchev–Trinajstić information content (AvgIpc) is 2.08. The van der Waals surface area contributed by atoms with Crippen LogP contribution in [0, 0.1) is 6.92 Å². The van der Waals surface area contributed by atoms with Crippen LogP contribution in [0.2, 0.25) is 5.15 Å². The van der Waals surface area contributed by atoms with Gasteiger partial charge in [-0.3, -0.25) is 5.10 Å². The van der Waals surface area contributed by atoms with Crippen LogP contribution in [-0.2, 0) is 6.18 Å². The number of hydrogen-bond acceptors (Lipinski definition) is 1. The third kappa shape index (κ3) is 1.48. The summed E-state index contributed by atoms with van der Waals surface area (Å²) in [6.45, 7) is 1.27. The van der Waals surface area contributed by atoms with Crippen molar-refractivity contribution < 1.29 is 13.2 Å². The lowest BCUT2D eigenvalue weighted by molar-refractivity contribution is -0.137. The molecule has 1 rings (SSSR count). The van der Waals surface area contributed by atoms with Crippen LogP contribution in [0.1, 0.15) is 11.3 Å². The summed E-state index contributed by atoms with van der Waals surface area (Å²) in [6.07, 6.45) is -4.42. The minimum Gasteiger partial charge on any atom is -0.281 e. The highest BCUT2D eigenvalue weighted by Gasteiger charge is 2.36. The van der Waals surface area contributed by atoms with Crippen LogP contribution in [0.4, 0.5) is 13.2 Å². The number of alkyl halides is 3. The lowest BCUT2D eigenvalue weighted by atomic mass is 10.2. The molecule has 6 heteroatoms. The van der Waals surface area contributed by atoms with Gasteiger partial charge in [-0.2, -0.15) is 18.3 Å². The molecule has 0 fully saturated rings. The number of halogens is 4. The number of aryl methyl sites for hydroxylation is 1. The van der Waals surface area contributed by atoms with Crippen LogP contribution < -0.4 is 0 Å². The number of nitrogens with zero attached hydrogens (tertiary/aromatic N) is 1. The largest absolute Gasteiger partial charge is 0.421 e. The topological polar surface area (TPSA) is 28.7 Å². The van der Waals surface area contributed by atoms with Gasteiger partial charge in [0.05, 0.1) is 0 Å². The van der Waals surface area contributed by atoms with Crippen LogP contribution in [0.5, 0.6) is 0 Å². The second-order valence-corrected chi connectivity index (χ2v) is 2.37. The third-order valence-electron chi connectivity index (χ3n) is 1.19. The molecule has 1 heterocycles.